The Morgan fingerprint density at radius 2 is 2.30 bits per heavy atom. The van der Waals surface area contributed by atoms with E-state index in [1.54, 1.807) is 0 Å². The number of hydrogen-bond donors (Lipinski definition) is 1. The van der Waals surface area contributed by atoms with Crippen LogP contribution >= 0.6 is 11.6 Å². The summed E-state index contributed by atoms with van der Waals surface area (Å²) in [6.07, 6.45) is 6.08. The molecule has 2 aliphatic rings. The van der Waals surface area contributed by atoms with Crippen LogP contribution in [0.5, 0.6) is 0 Å². The predicted octanol–water partition coefficient (Wildman–Crippen LogP) is 4.01. The van der Waals surface area contributed by atoms with Crippen molar-refractivity contribution in [2.45, 2.75) is 50.6 Å². The van der Waals surface area contributed by atoms with Gasteiger partial charge < -0.3 is 9.88 Å². The number of rotatable bonds is 3. The molecule has 2 fully saturated rings. The molecule has 1 saturated heterocycles. The van der Waals surface area contributed by atoms with Crippen molar-refractivity contribution in [1.82, 2.24) is 14.9 Å². The Morgan fingerprint density at radius 3 is 2.95 bits per heavy atom. The highest BCUT2D eigenvalue weighted by atomic mass is 35.5. The Labute approximate surface area is 124 Å². The SMILES string of the molecule is CCC1(c2nc3cc(Cl)ccc3n2C2CC2)CCCN1. The fraction of sp³-hybridized carbons (Fsp3) is 0.562. The second-order valence-corrected chi connectivity index (χ2v) is 6.57. The number of hydrogen-bond acceptors (Lipinski definition) is 2. The molecule has 3 nitrogen and oxygen atoms in total. The van der Waals surface area contributed by atoms with Gasteiger partial charge in [0.15, 0.2) is 0 Å². The van der Waals surface area contributed by atoms with Crippen molar-refractivity contribution in [3.63, 3.8) is 0 Å². The van der Waals surface area contributed by atoms with E-state index in [-0.39, 0.29) is 5.54 Å². The van der Waals surface area contributed by atoms with E-state index in [1.165, 1.54) is 37.0 Å². The lowest BCUT2D eigenvalue weighted by Gasteiger charge is -2.28. The summed E-state index contributed by atoms with van der Waals surface area (Å²) in [5, 5.41) is 4.49. The summed E-state index contributed by atoms with van der Waals surface area (Å²) < 4.78 is 2.48. The van der Waals surface area contributed by atoms with Crippen molar-refractivity contribution in [2.24, 2.45) is 0 Å². The molecule has 2 aromatic rings. The fourth-order valence-electron chi connectivity index (χ4n) is 3.57. The second kappa shape index (κ2) is 4.47. The highest BCUT2D eigenvalue weighted by Gasteiger charge is 2.41. The minimum atomic E-state index is 0.0636. The molecule has 1 atom stereocenters. The largest absolute Gasteiger partial charge is 0.323 e. The van der Waals surface area contributed by atoms with Crippen molar-refractivity contribution >= 4 is 22.6 Å². The topological polar surface area (TPSA) is 29.9 Å². The number of halogens is 1. The van der Waals surface area contributed by atoms with Crippen LogP contribution in [-0.4, -0.2) is 16.1 Å². The van der Waals surface area contributed by atoms with Crippen LogP contribution in [0.4, 0.5) is 0 Å². The Hall–Kier alpha value is -1.06. The van der Waals surface area contributed by atoms with E-state index < -0.39 is 0 Å². The van der Waals surface area contributed by atoms with Crippen molar-refractivity contribution in [3.8, 4) is 0 Å². The van der Waals surface area contributed by atoms with Gasteiger partial charge in [0.1, 0.15) is 5.82 Å². The number of benzene rings is 1. The smallest absolute Gasteiger partial charge is 0.130 e. The van der Waals surface area contributed by atoms with Crippen molar-refractivity contribution in [2.75, 3.05) is 6.54 Å². The van der Waals surface area contributed by atoms with E-state index in [9.17, 15) is 0 Å². The lowest BCUT2D eigenvalue weighted by molar-refractivity contribution is 0.339. The van der Waals surface area contributed by atoms with Crippen LogP contribution in [0.2, 0.25) is 5.02 Å². The normalized spacial score (nSPS) is 26.5. The average Bonchev–Trinajstić information content (AvgIpc) is 3.04. The third-order valence-electron chi connectivity index (χ3n) is 4.84. The van der Waals surface area contributed by atoms with Gasteiger partial charge >= 0.3 is 0 Å². The van der Waals surface area contributed by atoms with Crippen LogP contribution in [0.25, 0.3) is 11.0 Å². The van der Waals surface area contributed by atoms with Gasteiger partial charge in [-0.15, -0.1) is 0 Å². The Morgan fingerprint density at radius 1 is 1.45 bits per heavy atom. The van der Waals surface area contributed by atoms with E-state index in [0.29, 0.717) is 6.04 Å². The molecule has 2 heterocycles. The molecule has 20 heavy (non-hydrogen) atoms. The van der Waals surface area contributed by atoms with Gasteiger partial charge in [0, 0.05) is 11.1 Å². The van der Waals surface area contributed by atoms with Crippen LogP contribution in [-0.2, 0) is 5.54 Å². The zero-order chi connectivity index (χ0) is 13.7. The van der Waals surface area contributed by atoms with E-state index in [0.717, 1.165) is 23.5 Å². The summed E-state index contributed by atoms with van der Waals surface area (Å²) in [6.45, 7) is 3.37. The third kappa shape index (κ3) is 1.80. The van der Waals surface area contributed by atoms with E-state index in [4.69, 9.17) is 16.6 Å². The van der Waals surface area contributed by atoms with Crippen LogP contribution in [0.15, 0.2) is 18.2 Å². The van der Waals surface area contributed by atoms with Gasteiger partial charge in [0.25, 0.3) is 0 Å². The molecule has 1 aromatic carbocycles. The van der Waals surface area contributed by atoms with E-state index >= 15 is 0 Å². The van der Waals surface area contributed by atoms with Gasteiger partial charge in [-0.05, 0) is 56.8 Å². The number of aromatic nitrogens is 2. The molecule has 0 amide bonds. The van der Waals surface area contributed by atoms with E-state index in [1.807, 2.05) is 12.1 Å². The summed E-state index contributed by atoms with van der Waals surface area (Å²) >= 11 is 6.14. The molecule has 1 saturated carbocycles. The quantitative estimate of drug-likeness (QED) is 0.925. The highest BCUT2D eigenvalue weighted by molar-refractivity contribution is 6.31. The minimum Gasteiger partial charge on any atom is -0.323 e. The molecule has 0 spiro atoms. The first-order valence-electron chi connectivity index (χ1n) is 7.66. The molecule has 0 bridgehead atoms. The molecule has 1 aliphatic heterocycles. The van der Waals surface area contributed by atoms with Gasteiger partial charge in [0.05, 0.1) is 16.6 Å². The maximum absolute atomic E-state index is 6.14. The van der Waals surface area contributed by atoms with Crippen molar-refractivity contribution < 1.29 is 0 Å². The van der Waals surface area contributed by atoms with E-state index in [2.05, 4.69) is 22.9 Å². The van der Waals surface area contributed by atoms with Gasteiger partial charge in [0.2, 0.25) is 0 Å². The summed E-state index contributed by atoms with van der Waals surface area (Å²) in [5.74, 6) is 1.23. The second-order valence-electron chi connectivity index (χ2n) is 6.14. The summed E-state index contributed by atoms with van der Waals surface area (Å²) in [6, 6.07) is 6.75. The zero-order valence-corrected chi connectivity index (χ0v) is 12.6. The maximum Gasteiger partial charge on any atom is 0.130 e. The van der Waals surface area contributed by atoms with Crippen LogP contribution in [0, 0.1) is 0 Å². The molecule has 106 valence electrons. The molecular formula is C16H20ClN3. The number of fused-ring (bicyclic) bond motifs is 1. The first kappa shape index (κ1) is 12.7. The number of nitrogens with one attached hydrogen (secondary N) is 1. The van der Waals surface area contributed by atoms with Crippen molar-refractivity contribution in [1.29, 1.82) is 0 Å². The first-order chi connectivity index (χ1) is 9.73. The zero-order valence-electron chi connectivity index (χ0n) is 11.8. The first-order valence-corrected chi connectivity index (χ1v) is 8.04. The Bertz CT molecular complexity index is 651. The standard InChI is InChI=1S/C16H20ClN3/c1-2-16(8-3-9-18-16)15-19-13-10-11(17)4-7-14(13)20(15)12-5-6-12/h4,7,10,12,18H,2-3,5-6,8-9H2,1H3. The number of nitrogens with zero attached hydrogens (tertiary/aromatic N) is 2. The molecule has 0 radical (unpaired) electrons. The summed E-state index contributed by atoms with van der Waals surface area (Å²) in [7, 11) is 0. The van der Waals surface area contributed by atoms with Crippen molar-refractivity contribution in [3.05, 3.63) is 29.0 Å². The minimum absolute atomic E-state index is 0.0636. The summed E-state index contributed by atoms with van der Waals surface area (Å²) in [5.41, 5.74) is 2.35. The molecule has 4 heteroatoms. The van der Waals surface area contributed by atoms with Gasteiger partial charge in [-0.2, -0.15) is 0 Å². The Kier molecular flexibility index (Phi) is 2.83. The average molecular weight is 290 g/mol. The fourth-order valence-corrected chi connectivity index (χ4v) is 3.74. The third-order valence-corrected chi connectivity index (χ3v) is 5.07. The van der Waals surface area contributed by atoms with Crippen LogP contribution < -0.4 is 5.32 Å². The lowest BCUT2D eigenvalue weighted by Crippen LogP contribution is -2.38. The molecule has 4 rings (SSSR count). The maximum atomic E-state index is 6.14. The monoisotopic (exact) mass is 289 g/mol. The number of imidazole rings is 1. The Balaban J connectivity index is 1.95. The highest BCUT2D eigenvalue weighted by Crippen LogP contribution is 2.44. The molecule has 1 N–H and O–H groups in total. The van der Waals surface area contributed by atoms with Crippen LogP contribution in [0.1, 0.15) is 50.9 Å². The molecule has 1 aromatic heterocycles. The van der Waals surface area contributed by atoms with Gasteiger partial charge in [-0.1, -0.05) is 18.5 Å². The lowest BCUT2D eigenvalue weighted by atomic mass is 9.93. The molecular weight excluding hydrogens is 270 g/mol. The molecule has 1 unspecified atom stereocenters. The molecule has 1 aliphatic carbocycles. The van der Waals surface area contributed by atoms with Gasteiger partial charge in [-0.3, -0.25) is 0 Å². The summed E-state index contributed by atoms with van der Waals surface area (Å²) in [4.78, 5) is 4.98. The van der Waals surface area contributed by atoms with Gasteiger partial charge in [-0.25, -0.2) is 4.98 Å². The predicted molar refractivity (Wildman–Crippen MR) is 82.2 cm³/mol. The van der Waals surface area contributed by atoms with Crippen LogP contribution in [0.3, 0.4) is 0 Å².